The quantitative estimate of drug-likeness (QED) is 0.0244. The fraction of sp³-hybridized carbons (Fsp3) is 0.432. The van der Waals surface area contributed by atoms with Gasteiger partial charge in [0.1, 0.15) is 57.6 Å². The first kappa shape index (κ1) is 102. The molecule has 666 valence electrons. The minimum atomic E-state index is -0.901. The zero-order valence-electron chi connectivity index (χ0n) is 78.2. The van der Waals surface area contributed by atoms with Crippen molar-refractivity contribution in [3.63, 3.8) is 0 Å². The average molecular weight is 1740 g/mol. The number of nitriles is 8. The van der Waals surface area contributed by atoms with E-state index in [-0.39, 0.29) is 5.91 Å². The van der Waals surface area contributed by atoms with Crippen molar-refractivity contribution in [2.45, 2.75) is 239 Å². The van der Waals surface area contributed by atoms with Crippen molar-refractivity contribution in [2.75, 3.05) is 38.9 Å². The van der Waals surface area contributed by atoms with Crippen LogP contribution in [0.2, 0.25) is 0 Å². The first-order valence-electron chi connectivity index (χ1n) is 40.9. The van der Waals surface area contributed by atoms with E-state index < -0.39 is 60.5 Å². The zero-order chi connectivity index (χ0) is 96.5. The second-order valence-electron chi connectivity index (χ2n) is 35.9. The maximum Gasteiger partial charge on any atom is 0.411 e. The minimum absolute atomic E-state index is 0.225. The van der Waals surface area contributed by atoms with Crippen molar-refractivity contribution in [3.8, 4) is 48.6 Å². The Morgan fingerprint density at radius 1 is 0.426 bits per heavy atom. The Bertz CT molecular complexity index is 6020. The Morgan fingerprint density at radius 3 is 1.04 bits per heavy atom. The van der Waals surface area contributed by atoms with E-state index in [9.17, 15) is 51.7 Å². The third-order valence-electron chi connectivity index (χ3n) is 21.2. The monoisotopic (exact) mass is 1740 g/mol. The fourth-order valence-electron chi connectivity index (χ4n) is 12.4. The van der Waals surface area contributed by atoms with Crippen LogP contribution in [0.15, 0.2) is 133 Å². The normalized spacial score (nSPS) is 11.7. The molecule has 0 saturated carbocycles. The summed E-state index contributed by atoms with van der Waals surface area (Å²) in [5.74, 6) is 1.50. The lowest BCUT2D eigenvalue weighted by atomic mass is 9.79. The van der Waals surface area contributed by atoms with Gasteiger partial charge < -0.3 is 29.9 Å². The summed E-state index contributed by atoms with van der Waals surface area (Å²) >= 11 is 0. The Kier molecular flexibility index (Phi) is 34.1. The lowest BCUT2D eigenvalue weighted by Crippen LogP contribution is -2.24. The van der Waals surface area contributed by atoms with Crippen LogP contribution in [0.5, 0.6) is 0 Å². The molecule has 0 radical (unpaired) electrons. The van der Waals surface area contributed by atoms with E-state index in [4.69, 9.17) is 17.9 Å². The predicted octanol–water partition coefficient (Wildman–Crippen LogP) is 15.2. The summed E-state index contributed by atoms with van der Waals surface area (Å²) in [6.07, 6.45) is 13.3. The van der Waals surface area contributed by atoms with Gasteiger partial charge >= 0.3 is 6.09 Å². The number of carbonyl (C=O) groups is 2. The van der Waals surface area contributed by atoms with E-state index in [1.807, 2.05) is 191 Å². The number of carbonyl (C=O) groups excluding carboxylic acids is 2. The maximum absolute atomic E-state index is 11.9. The van der Waals surface area contributed by atoms with Crippen LogP contribution in [0.25, 0.3) is 9.69 Å². The molecule has 0 unspecified atom stereocenters. The van der Waals surface area contributed by atoms with Gasteiger partial charge in [-0.1, -0.05) is 59.8 Å². The first-order valence-corrected chi connectivity index (χ1v) is 40.9. The van der Waals surface area contributed by atoms with Gasteiger partial charge in [0, 0.05) is 52.8 Å². The Balaban J connectivity index is 0.000000249. The topological polar surface area (TPSA) is 466 Å². The van der Waals surface area contributed by atoms with Crippen LogP contribution in [-0.4, -0.2) is 127 Å². The average Bonchev–Trinajstić information content (AvgIpc) is 1.32. The van der Waals surface area contributed by atoms with E-state index >= 15 is 0 Å². The molecule has 34 nitrogen and oxygen atoms in total. The molecule has 0 spiro atoms. The molecule has 0 atom stereocenters. The highest BCUT2D eigenvalue weighted by molar-refractivity contribution is 5.91. The van der Waals surface area contributed by atoms with Crippen LogP contribution >= 0.6 is 0 Å². The van der Waals surface area contributed by atoms with E-state index in [0.29, 0.717) is 79.0 Å². The second-order valence-corrected chi connectivity index (χ2v) is 35.9. The molecule has 10 rings (SSSR count). The lowest BCUT2D eigenvalue weighted by molar-refractivity contribution is -0.114. The summed E-state index contributed by atoms with van der Waals surface area (Å²) < 4.78 is 13.2. The van der Waals surface area contributed by atoms with Crippen LogP contribution < -0.4 is 16.0 Å². The fourth-order valence-corrected chi connectivity index (χ4v) is 12.4. The molecule has 0 aliphatic heterocycles. The van der Waals surface area contributed by atoms with Crippen molar-refractivity contribution < 1.29 is 19.2 Å². The number of ether oxygens (including phenoxy) is 1. The number of oxime groups is 1. The third kappa shape index (κ3) is 27.5. The number of amides is 2. The van der Waals surface area contributed by atoms with Gasteiger partial charge in [0.25, 0.3) is 11.1 Å². The van der Waals surface area contributed by atoms with E-state index in [2.05, 4.69) is 140 Å². The van der Waals surface area contributed by atoms with E-state index in [0.717, 1.165) is 72.6 Å². The number of aromatic nitrogens is 15. The van der Waals surface area contributed by atoms with Crippen LogP contribution in [0.3, 0.4) is 0 Å². The number of aliphatic imine (C=N–C) groups is 1. The largest absolute Gasteiger partial charge is 0.453 e. The Morgan fingerprint density at radius 2 is 0.752 bits per heavy atom. The highest BCUT2D eigenvalue weighted by Gasteiger charge is 2.37. The van der Waals surface area contributed by atoms with Gasteiger partial charge in [-0.3, -0.25) is 15.1 Å². The number of rotatable bonds is 27. The van der Waals surface area contributed by atoms with Crippen LogP contribution in [0.4, 0.5) is 16.2 Å². The second kappa shape index (κ2) is 43.0. The molecular formula is C95H112N30O4. The molecule has 0 saturated heterocycles. The summed E-state index contributed by atoms with van der Waals surface area (Å²) in [4.78, 5) is 60.1. The minimum Gasteiger partial charge on any atom is -0.453 e. The number of hydrogen-bond acceptors (Lipinski definition) is 25. The SMILES string of the molecule is CN=Cc1ncn(Cc2cc(C(C)(C)C#N)cc(C(C)(C)C#N)c2)n1.CNCc1ncn(Cc2cc(C(C)(C)C#N)cc(C(C)(C)C#N)c2)n1.CO/N=C/c1ncn(Cc2cc(C(C)(C)C#N)cc(C(C)(C)C#N)c2)n1.[C-]#[N+]C(C)(C)c1cc(Cn2cncn2)c(NC(=O)OC)c(C(C)(C)C#N)c1.[C-]#[N+]C(C)(C)c1cc(Cn2cncn2)c(NC(C)=O)c(C(C)(C)C#N)c1. The Hall–Kier alpha value is -15.5. The van der Waals surface area contributed by atoms with Gasteiger partial charge in [-0.15, -0.1) is 10.2 Å². The summed E-state index contributed by atoms with van der Waals surface area (Å²) in [5.41, 5.74) is 6.49. The molecule has 2 amide bonds. The van der Waals surface area contributed by atoms with E-state index in [1.165, 1.54) is 40.0 Å². The third-order valence-corrected chi connectivity index (χ3v) is 21.2. The van der Waals surface area contributed by atoms with Crippen molar-refractivity contribution >= 4 is 35.8 Å². The molecule has 5 aromatic heterocycles. The van der Waals surface area contributed by atoms with Crippen molar-refractivity contribution in [3.05, 3.63) is 247 Å². The van der Waals surface area contributed by atoms with Crippen LogP contribution in [-0.2, 0) is 108 Å². The molecule has 129 heavy (non-hydrogen) atoms. The Labute approximate surface area is 755 Å². The van der Waals surface area contributed by atoms with Crippen LogP contribution in [0, 0.1) is 104 Å². The predicted molar refractivity (Wildman–Crippen MR) is 487 cm³/mol. The molecule has 5 aromatic carbocycles. The van der Waals surface area contributed by atoms with Gasteiger partial charge in [0.15, 0.2) is 17.5 Å². The number of nitrogens with zero attached hydrogens (tertiary/aromatic N) is 27. The van der Waals surface area contributed by atoms with Crippen molar-refractivity contribution in [2.24, 2.45) is 10.1 Å². The summed E-state index contributed by atoms with van der Waals surface area (Å²) in [6, 6.07) is 43.8. The van der Waals surface area contributed by atoms with Gasteiger partial charge in [-0.25, -0.2) is 66.3 Å². The summed E-state index contributed by atoms with van der Waals surface area (Å²) in [5, 5.41) is 110. The number of anilines is 2. The molecule has 3 N–H and O–H groups in total. The maximum atomic E-state index is 11.9. The molecule has 0 aliphatic carbocycles. The molecule has 0 fully saturated rings. The first-order chi connectivity index (χ1) is 60.4. The van der Waals surface area contributed by atoms with Gasteiger partial charge in [-0.2, -0.15) is 57.4 Å². The van der Waals surface area contributed by atoms with Crippen LogP contribution in [0.1, 0.15) is 246 Å². The van der Waals surface area contributed by atoms with Gasteiger partial charge in [0.2, 0.25) is 5.91 Å². The van der Waals surface area contributed by atoms with E-state index in [1.54, 1.807) is 102 Å². The summed E-state index contributed by atoms with van der Waals surface area (Å²) in [6.45, 7) is 56.2. The number of nitrogens with one attached hydrogen (secondary N) is 3. The van der Waals surface area contributed by atoms with Gasteiger partial charge in [0.05, 0.1) is 156 Å². The summed E-state index contributed by atoms with van der Waals surface area (Å²) in [7, 11) is 6.25. The number of benzene rings is 5. The standard InChI is InChI=1S/C19H22N6O2.2C19H22N6O.C19H24N6.C19H22N6/c1-18(2,10-20)15-8-14(19(3,4)21-5)7-13(9-25-12-22-11-23-25)16(15)24-17(26)27-6;1-18(2,11-20)15-6-14(7-16(8-15)19(3,4)12-21)10-25-13-22-17(24-25)9-23-26-5;1-13(26)24-17-14(9-25-12-22-11-23-25)7-15(19(4,5)21-6)8-16(17)18(2,3)10-20;2*1-18(2,11-20)15-6-14(7-16(8-15)19(3,4)12-21)10-25-13-23-17(24-25)9-22-5/h7-8,11-12H,9H2,1-4,6H3,(H,24,26);6-9,13H,10H2,1-5H3;7-8,11-12H,9H2,1-5H3,(H,24,26);6-8,13,22H,9-10H2,1-5H3;6-9,13H,10H2,1-5H3/b;23-9+;;;. The van der Waals surface area contributed by atoms with Crippen molar-refractivity contribution in [1.29, 1.82) is 42.1 Å². The highest BCUT2D eigenvalue weighted by Crippen LogP contribution is 2.42. The molecule has 5 heterocycles. The molecule has 0 bridgehead atoms. The smallest absolute Gasteiger partial charge is 0.411 e. The molecule has 10 aromatic rings. The highest BCUT2D eigenvalue weighted by atomic mass is 16.6. The molecule has 0 aliphatic rings. The molecular weight excluding hydrogens is 1630 g/mol. The number of hydrogen-bond donors (Lipinski definition) is 3. The van der Waals surface area contributed by atoms with Gasteiger partial charge in [-0.05, 0) is 214 Å². The number of methoxy groups -OCH3 is 1. The zero-order valence-corrected chi connectivity index (χ0v) is 78.2. The molecule has 34 heteroatoms. The van der Waals surface area contributed by atoms with Crippen molar-refractivity contribution in [1.82, 2.24) is 79.1 Å². The lowest BCUT2D eigenvalue weighted by Gasteiger charge is -2.25.